The van der Waals surface area contributed by atoms with Crippen molar-refractivity contribution in [2.24, 2.45) is 5.73 Å². The van der Waals surface area contributed by atoms with Crippen LogP contribution in [0.1, 0.15) is 44.6 Å². The first-order valence-corrected chi connectivity index (χ1v) is 7.14. The van der Waals surface area contributed by atoms with Crippen molar-refractivity contribution in [1.82, 2.24) is 9.88 Å². The highest BCUT2D eigenvalue weighted by Crippen LogP contribution is 2.29. The lowest BCUT2D eigenvalue weighted by Crippen LogP contribution is -2.37. The zero-order valence-corrected chi connectivity index (χ0v) is 11.6. The monoisotopic (exact) mass is 261 g/mol. The summed E-state index contributed by atoms with van der Waals surface area (Å²) in [5.74, 6) is 0.187. The number of nitrogens with zero attached hydrogens (tertiary/aromatic N) is 2. The zero-order chi connectivity index (χ0) is 13.7. The highest BCUT2D eigenvalue weighted by atomic mass is 16.2. The Morgan fingerprint density at radius 2 is 2.37 bits per heavy atom. The second kappa shape index (κ2) is 6.66. The number of carbonyl (C=O) groups is 1. The first kappa shape index (κ1) is 14.0. The Kier molecular flexibility index (Phi) is 4.91. The highest BCUT2D eigenvalue weighted by molar-refractivity contribution is 5.77. The van der Waals surface area contributed by atoms with E-state index in [1.807, 2.05) is 23.2 Å². The molecule has 1 aromatic heterocycles. The third-order valence-electron chi connectivity index (χ3n) is 3.48. The maximum Gasteiger partial charge on any atom is 0.224 e. The minimum absolute atomic E-state index is 0.00681. The van der Waals surface area contributed by atoms with Crippen LogP contribution in [-0.2, 0) is 11.3 Å². The van der Waals surface area contributed by atoms with Gasteiger partial charge in [-0.25, -0.2) is 0 Å². The van der Waals surface area contributed by atoms with Crippen LogP contribution in [-0.4, -0.2) is 27.9 Å². The number of hydrogen-bond donors (Lipinski definition) is 1. The standard InChI is InChI=1S/C15H23N3O/c1-2-4-13(16)9-15(19)18(14-6-7-14)11-12-5-3-8-17-10-12/h3,5,8,10,13-14H,2,4,6-7,9,11,16H2,1H3. The summed E-state index contributed by atoms with van der Waals surface area (Å²) in [6.07, 6.45) is 8.23. The molecule has 1 aromatic rings. The summed E-state index contributed by atoms with van der Waals surface area (Å²) in [7, 11) is 0. The van der Waals surface area contributed by atoms with E-state index in [1.165, 1.54) is 0 Å². The van der Waals surface area contributed by atoms with Crippen LogP contribution in [0.4, 0.5) is 0 Å². The molecule has 104 valence electrons. The quantitative estimate of drug-likeness (QED) is 0.817. The minimum atomic E-state index is -0.00681. The predicted molar refractivity (Wildman–Crippen MR) is 75.3 cm³/mol. The summed E-state index contributed by atoms with van der Waals surface area (Å²) >= 11 is 0. The van der Waals surface area contributed by atoms with Crippen LogP contribution in [0.5, 0.6) is 0 Å². The Bertz CT molecular complexity index is 403. The van der Waals surface area contributed by atoms with Crippen molar-refractivity contribution in [3.05, 3.63) is 30.1 Å². The molecule has 1 atom stereocenters. The van der Waals surface area contributed by atoms with Crippen LogP contribution >= 0.6 is 0 Å². The number of hydrogen-bond acceptors (Lipinski definition) is 3. The van der Waals surface area contributed by atoms with Gasteiger partial charge in [0.25, 0.3) is 0 Å². The number of pyridine rings is 1. The Morgan fingerprint density at radius 3 is 2.95 bits per heavy atom. The topological polar surface area (TPSA) is 59.2 Å². The Labute approximate surface area is 115 Å². The Morgan fingerprint density at radius 1 is 1.58 bits per heavy atom. The molecule has 19 heavy (non-hydrogen) atoms. The average molecular weight is 261 g/mol. The van der Waals surface area contributed by atoms with Crippen LogP contribution in [0.25, 0.3) is 0 Å². The Balaban J connectivity index is 1.94. The van der Waals surface area contributed by atoms with Crippen LogP contribution in [0.15, 0.2) is 24.5 Å². The molecular formula is C15H23N3O. The van der Waals surface area contributed by atoms with Crippen molar-refractivity contribution in [2.75, 3.05) is 0 Å². The van der Waals surface area contributed by atoms with Gasteiger partial charge in [0.05, 0.1) is 0 Å². The SMILES string of the molecule is CCCC(N)CC(=O)N(Cc1cccnc1)C1CC1. The smallest absolute Gasteiger partial charge is 0.224 e. The van der Waals surface area contributed by atoms with Crippen LogP contribution in [0.2, 0.25) is 0 Å². The van der Waals surface area contributed by atoms with Crippen molar-refractivity contribution in [1.29, 1.82) is 0 Å². The number of rotatable bonds is 7. The highest BCUT2D eigenvalue weighted by Gasteiger charge is 2.32. The lowest BCUT2D eigenvalue weighted by molar-refractivity contribution is -0.132. The molecule has 2 N–H and O–H groups in total. The van der Waals surface area contributed by atoms with Crippen LogP contribution < -0.4 is 5.73 Å². The number of aromatic nitrogens is 1. The molecular weight excluding hydrogens is 238 g/mol. The maximum absolute atomic E-state index is 12.3. The fourth-order valence-electron chi connectivity index (χ4n) is 2.31. The van der Waals surface area contributed by atoms with Gasteiger partial charge >= 0.3 is 0 Å². The normalized spacial score (nSPS) is 16.1. The summed E-state index contributed by atoms with van der Waals surface area (Å²) in [6, 6.07) is 4.34. The van der Waals surface area contributed by atoms with E-state index in [4.69, 9.17) is 5.73 Å². The van der Waals surface area contributed by atoms with Gasteiger partial charge in [-0.1, -0.05) is 19.4 Å². The molecule has 0 saturated heterocycles. The molecule has 1 fully saturated rings. The van der Waals surface area contributed by atoms with Gasteiger partial charge in [0.15, 0.2) is 0 Å². The van der Waals surface area contributed by atoms with E-state index in [2.05, 4.69) is 11.9 Å². The fourth-order valence-corrected chi connectivity index (χ4v) is 2.31. The summed E-state index contributed by atoms with van der Waals surface area (Å²) in [5.41, 5.74) is 7.07. The number of carbonyl (C=O) groups excluding carboxylic acids is 1. The summed E-state index contributed by atoms with van der Waals surface area (Å²) in [5, 5.41) is 0. The van der Waals surface area contributed by atoms with E-state index in [0.29, 0.717) is 19.0 Å². The zero-order valence-electron chi connectivity index (χ0n) is 11.6. The molecule has 1 aliphatic carbocycles. The Hall–Kier alpha value is -1.42. The fraction of sp³-hybridized carbons (Fsp3) is 0.600. The molecule has 0 aromatic carbocycles. The minimum Gasteiger partial charge on any atom is -0.335 e. The first-order chi connectivity index (χ1) is 9.20. The molecule has 0 aliphatic heterocycles. The van der Waals surface area contributed by atoms with Gasteiger partial charge < -0.3 is 10.6 Å². The number of nitrogens with two attached hydrogens (primary N) is 1. The van der Waals surface area contributed by atoms with Gasteiger partial charge in [-0.15, -0.1) is 0 Å². The van der Waals surface area contributed by atoms with E-state index >= 15 is 0 Å². The van der Waals surface area contributed by atoms with Crippen LogP contribution in [0, 0.1) is 0 Å². The van der Waals surface area contributed by atoms with Gasteiger partial charge in [-0.3, -0.25) is 9.78 Å². The average Bonchev–Trinajstić information content (AvgIpc) is 3.21. The molecule has 1 heterocycles. The van der Waals surface area contributed by atoms with Gasteiger partial charge in [-0.05, 0) is 30.9 Å². The maximum atomic E-state index is 12.3. The van der Waals surface area contributed by atoms with Crippen LogP contribution in [0.3, 0.4) is 0 Å². The molecule has 1 amide bonds. The predicted octanol–water partition coefficient (Wildman–Crippen LogP) is 2.09. The molecule has 0 bridgehead atoms. The molecule has 1 aliphatic rings. The third kappa shape index (κ3) is 4.31. The third-order valence-corrected chi connectivity index (χ3v) is 3.48. The van der Waals surface area contributed by atoms with Crippen molar-refractivity contribution >= 4 is 5.91 Å². The van der Waals surface area contributed by atoms with Crippen molar-refractivity contribution in [2.45, 2.75) is 57.7 Å². The van der Waals surface area contributed by atoms with E-state index in [1.54, 1.807) is 6.20 Å². The lowest BCUT2D eigenvalue weighted by Gasteiger charge is -2.24. The van der Waals surface area contributed by atoms with E-state index in [0.717, 1.165) is 31.2 Å². The molecule has 4 heteroatoms. The summed E-state index contributed by atoms with van der Waals surface area (Å²) < 4.78 is 0. The van der Waals surface area contributed by atoms with Gasteiger partial charge in [0.2, 0.25) is 5.91 Å². The van der Waals surface area contributed by atoms with E-state index in [9.17, 15) is 4.79 Å². The second-order valence-electron chi connectivity index (χ2n) is 5.37. The second-order valence-corrected chi connectivity index (χ2v) is 5.37. The summed E-state index contributed by atoms with van der Waals surface area (Å²) in [4.78, 5) is 18.4. The molecule has 2 rings (SSSR count). The van der Waals surface area contributed by atoms with Crippen molar-refractivity contribution in [3.63, 3.8) is 0 Å². The molecule has 4 nitrogen and oxygen atoms in total. The summed E-state index contributed by atoms with van der Waals surface area (Å²) in [6.45, 7) is 2.76. The number of amides is 1. The van der Waals surface area contributed by atoms with Gasteiger partial charge in [0, 0.05) is 37.4 Å². The van der Waals surface area contributed by atoms with E-state index < -0.39 is 0 Å². The van der Waals surface area contributed by atoms with Crippen molar-refractivity contribution in [3.8, 4) is 0 Å². The molecule has 0 radical (unpaired) electrons. The lowest BCUT2D eigenvalue weighted by atomic mass is 10.1. The molecule has 0 spiro atoms. The first-order valence-electron chi connectivity index (χ1n) is 7.14. The molecule has 1 saturated carbocycles. The van der Waals surface area contributed by atoms with Gasteiger partial charge in [-0.2, -0.15) is 0 Å². The van der Waals surface area contributed by atoms with E-state index in [-0.39, 0.29) is 11.9 Å². The molecule has 1 unspecified atom stereocenters. The van der Waals surface area contributed by atoms with Gasteiger partial charge in [0.1, 0.15) is 0 Å². The van der Waals surface area contributed by atoms with Crippen molar-refractivity contribution < 1.29 is 4.79 Å². The largest absolute Gasteiger partial charge is 0.335 e.